The van der Waals surface area contributed by atoms with E-state index in [-0.39, 0.29) is 0 Å². The molecule has 1 saturated carbocycles. The lowest BCUT2D eigenvalue weighted by Gasteiger charge is -2.37. The Balaban J connectivity index is 2.08. The molecule has 1 aromatic rings. The van der Waals surface area contributed by atoms with E-state index in [1.807, 2.05) is 11.3 Å². The van der Waals surface area contributed by atoms with Gasteiger partial charge in [0.05, 0.1) is 0 Å². The maximum atomic E-state index is 3.76. The van der Waals surface area contributed by atoms with Crippen LogP contribution < -0.4 is 5.32 Å². The lowest BCUT2D eigenvalue weighted by molar-refractivity contribution is 0.217. The summed E-state index contributed by atoms with van der Waals surface area (Å²) in [7, 11) is 0. The van der Waals surface area contributed by atoms with Gasteiger partial charge in [0.15, 0.2) is 0 Å². The Labute approximate surface area is 136 Å². The molecule has 0 aliphatic heterocycles. The molecule has 20 heavy (non-hydrogen) atoms. The highest BCUT2D eigenvalue weighted by Gasteiger charge is 2.32. The van der Waals surface area contributed by atoms with Gasteiger partial charge in [0.2, 0.25) is 0 Å². The van der Waals surface area contributed by atoms with E-state index in [1.54, 1.807) is 5.56 Å². The van der Waals surface area contributed by atoms with Crippen molar-refractivity contribution in [1.82, 2.24) is 5.32 Å². The van der Waals surface area contributed by atoms with Crippen LogP contribution in [0.2, 0.25) is 0 Å². The smallest absolute Gasteiger partial charge is 0.0317 e. The Morgan fingerprint density at radius 2 is 2.15 bits per heavy atom. The van der Waals surface area contributed by atoms with E-state index >= 15 is 0 Å². The normalized spacial score (nSPS) is 27.1. The van der Waals surface area contributed by atoms with Crippen LogP contribution in [0.25, 0.3) is 0 Å². The van der Waals surface area contributed by atoms with Crippen LogP contribution in [0.15, 0.2) is 15.2 Å². The summed E-state index contributed by atoms with van der Waals surface area (Å²) in [6.45, 7) is 7.99. The molecule has 114 valence electrons. The molecule has 0 aromatic carbocycles. The molecule has 3 heteroatoms. The lowest BCUT2D eigenvalue weighted by Crippen LogP contribution is -2.35. The zero-order valence-electron chi connectivity index (χ0n) is 13.0. The summed E-state index contributed by atoms with van der Waals surface area (Å²) in [5.41, 5.74) is 1.56. The van der Waals surface area contributed by atoms with Crippen molar-refractivity contribution in [3.63, 3.8) is 0 Å². The van der Waals surface area contributed by atoms with Crippen LogP contribution in [0, 0.1) is 11.8 Å². The van der Waals surface area contributed by atoms with E-state index in [1.165, 1.54) is 43.1 Å². The Morgan fingerprint density at radius 1 is 1.35 bits per heavy atom. The van der Waals surface area contributed by atoms with E-state index in [9.17, 15) is 0 Å². The summed E-state index contributed by atoms with van der Waals surface area (Å²) >= 11 is 5.59. The van der Waals surface area contributed by atoms with Crippen molar-refractivity contribution in [2.45, 2.75) is 64.8 Å². The standard InChI is InChI=1S/C17H28BrNS/c1-4-5-13-6-7-14(9-19-12(2)3)15(8-13)16-10-20-11-17(16)18/h10-15,19H,4-9H2,1-3H3. The van der Waals surface area contributed by atoms with E-state index in [0.29, 0.717) is 6.04 Å². The van der Waals surface area contributed by atoms with Gasteiger partial charge in [-0.15, -0.1) is 0 Å². The van der Waals surface area contributed by atoms with Gasteiger partial charge >= 0.3 is 0 Å². The molecule has 1 aliphatic rings. The number of thiophene rings is 1. The molecule has 0 amide bonds. The first-order valence-electron chi connectivity index (χ1n) is 8.06. The molecule has 3 unspecified atom stereocenters. The van der Waals surface area contributed by atoms with Gasteiger partial charge < -0.3 is 5.32 Å². The zero-order chi connectivity index (χ0) is 14.5. The van der Waals surface area contributed by atoms with Gasteiger partial charge in [-0.25, -0.2) is 0 Å². The highest BCUT2D eigenvalue weighted by atomic mass is 79.9. The van der Waals surface area contributed by atoms with Crippen molar-refractivity contribution in [3.05, 3.63) is 20.8 Å². The fraction of sp³-hybridized carbons (Fsp3) is 0.765. The van der Waals surface area contributed by atoms with E-state index in [2.05, 4.69) is 52.8 Å². The van der Waals surface area contributed by atoms with Crippen LogP contribution in [0.3, 0.4) is 0 Å². The summed E-state index contributed by atoms with van der Waals surface area (Å²) < 4.78 is 1.33. The molecule has 1 N–H and O–H groups in total. The molecule has 1 aromatic heterocycles. The molecule has 1 nitrogen and oxygen atoms in total. The van der Waals surface area contributed by atoms with Crippen LogP contribution in [0.4, 0.5) is 0 Å². The summed E-state index contributed by atoms with van der Waals surface area (Å²) in [6, 6.07) is 0.593. The molecule has 0 spiro atoms. The van der Waals surface area contributed by atoms with E-state index < -0.39 is 0 Å². The highest BCUT2D eigenvalue weighted by Crippen LogP contribution is 2.45. The van der Waals surface area contributed by atoms with Gasteiger partial charge in [0, 0.05) is 15.9 Å². The molecule has 0 radical (unpaired) electrons. The Bertz CT molecular complexity index is 401. The van der Waals surface area contributed by atoms with Crippen molar-refractivity contribution >= 4 is 27.3 Å². The van der Waals surface area contributed by atoms with Crippen LogP contribution in [0.1, 0.15) is 64.4 Å². The monoisotopic (exact) mass is 357 g/mol. The topological polar surface area (TPSA) is 12.0 Å². The number of nitrogens with one attached hydrogen (secondary N) is 1. The van der Waals surface area contributed by atoms with E-state index in [0.717, 1.165) is 17.8 Å². The van der Waals surface area contributed by atoms with Crippen LogP contribution in [0.5, 0.6) is 0 Å². The second-order valence-electron chi connectivity index (χ2n) is 6.57. The summed E-state index contributed by atoms with van der Waals surface area (Å²) in [6.07, 6.45) is 6.93. The number of hydrogen-bond donors (Lipinski definition) is 1. The maximum absolute atomic E-state index is 3.76. The molecule has 0 bridgehead atoms. The third kappa shape index (κ3) is 4.32. The molecular weight excluding hydrogens is 330 g/mol. The molecule has 3 atom stereocenters. The first-order chi connectivity index (χ1) is 9.61. The third-order valence-electron chi connectivity index (χ3n) is 4.63. The predicted molar refractivity (Wildman–Crippen MR) is 93.6 cm³/mol. The highest BCUT2D eigenvalue weighted by molar-refractivity contribution is 9.10. The minimum absolute atomic E-state index is 0.593. The van der Waals surface area contributed by atoms with Gasteiger partial charge in [0.1, 0.15) is 0 Å². The summed E-state index contributed by atoms with van der Waals surface area (Å²) in [5.74, 6) is 2.48. The SMILES string of the molecule is CCCC1CCC(CNC(C)C)C(c2cscc2Br)C1. The largest absolute Gasteiger partial charge is 0.314 e. The van der Waals surface area contributed by atoms with Crippen molar-refractivity contribution in [2.24, 2.45) is 11.8 Å². The summed E-state index contributed by atoms with van der Waals surface area (Å²) in [4.78, 5) is 0. The lowest BCUT2D eigenvalue weighted by atomic mass is 9.70. The first kappa shape index (κ1) is 16.5. The number of halogens is 1. The van der Waals surface area contributed by atoms with Gasteiger partial charge in [0.25, 0.3) is 0 Å². The van der Waals surface area contributed by atoms with Crippen molar-refractivity contribution in [3.8, 4) is 0 Å². The first-order valence-corrected chi connectivity index (χ1v) is 9.80. The third-order valence-corrected chi connectivity index (χ3v) is 6.38. The molecule has 1 aliphatic carbocycles. The average molecular weight is 358 g/mol. The average Bonchev–Trinajstić information content (AvgIpc) is 2.83. The predicted octanol–water partition coefficient (Wildman–Crippen LogP) is 5.81. The van der Waals surface area contributed by atoms with Crippen molar-refractivity contribution in [1.29, 1.82) is 0 Å². The fourth-order valence-electron chi connectivity index (χ4n) is 3.56. The van der Waals surface area contributed by atoms with Crippen LogP contribution in [-0.4, -0.2) is 12.6 Å². The Morgan fingerprint density at radius 3 is 2.75 bits per heavy atom. The van der Waals surface area contributed by atoms with E-state index in [4.69, 9.17) is 0 Å². The van der Waals surface area contributed by atoms with Gasteiger partial charge in [-0.05, 0) is 64.0 Å². The molecular formula is C17H28BrNS. The minimum Gasteiger partial charge on any atom is -0.314 e. The number of hydrogen-bond acceptors (Lipinski definition) is 2. The van der Waals surface area contributed by atoms with Gasteiger partial charge in [-0.1, -0.05) is 40.0 Å². The second kappa shape index (κ2) is 7.95. The van der Waals surface area contributed by atoms with Gasteiger partial charge in [-0.2, -0.15) is 11.3 Å². The Hall–Kier alpha value is 0.140. The molecule has 2 rings (SSSR count). The van der Waals surface area contributed by atoms with Gasteiger partial charge in [-0.3, -0.25) is 0 Å². The molecule has 0 saturated heterocycles. The van der Waals surface area contributed by atoms with Crippen molar-refractivity contribution < 1.29 is 0 Å². The quantitative estimate of drug-likeness (QED) is 0.677. The molecule has 1 fully saturated rings. The molecule has 1 heterocycles. The van der Waals surface area contributed by atoms with Crippen LogP contribution in [-0.2, 0) is 0 Å². The fourth-order valence-corrected chi connectivity index (χ4v) is 5.21. The minimum atomic E-state index is 0.593. The Kier molecular flexibility index (Phi) is 6.57. The zero-order valence-corrected chi connectivity index (χ0v) is 15.4. The van der Waals surface area contributed by atoms with Crippen LogP contribution >= 0.6 is 27.3 Å². The number of rotatable bonds is 6. The maximum Gasteiger partial charge on any atom is 0.0317 e. The second-order valence-corrected chi connectivity index (χ2v) is 8.17. The van der Waals surface area contributed by atoms with Crippen molar-refractivity contribution in [2.75, 3.05) is 6.54 Å². The summed E-state index contributed by atoms with van der Waals surface area (Å²) in [5, 5.41) is 8.27.